The number of pyridine rings is 1. The Balaban J connectivity index is 1.31. The Morgan fingerprint density at radius 1 is 1.14 bits per heavy atom. The fourth-order valence-electron chi connectivity index (χ4n) is 7.53. The number of nitrogens with zero attached hydrogens (tertiary/aromatic N) is 5. The molecule has 0 aliphatic carbocycles. The maximum absolute atomic E-state index is 16.8. The van der Waals surface area contributed by atoms with E-state index >= 15 is 4.39 Å². The van der Waals surface area contributed by atoms with Crippen molar-refractivity contribution in [1.29, 1.82) is 0 Å². The lowest BCUT2D eigenvalue weighted by molar-refractivity contribution is 0.107. The van der Waals surface area contributed by atoms with Gasteiger partial charge in [-0.25, -0.2) is 18.2 Å². The number of anilines is 1. The molecular formula is C32H32ClF3N6O2. The zero-order chi connectivity index (χ0) is 30.2. The smallest absolute Gasteiger partial charge is 0.319 e. The van der Waals surface area contributed by atoms with Gasteiger partial charge in [0.25, 0.3) is 0 Å². The van der Waals surface area contributed by atoms with Crippen LogP contribution in [0.1, 0.15) is 32.6 Å². The van der Waals surface area contributed by atoms with Crippen molar-refractivity contribution in [2.24, 2.45) is 0 Å². The van der Waals surface area contributed by atoms with Crippen molar-refractivity contribution < 1.29 is 22.6 Å². The Kier molecular flexibility index (Phi) is 6.77. The number of halogens is 4. The highest BCUT2D eigenvalue weighted by Gasteiger charge is 2.49. The van der Waals surface area contributed by atoms with Crippen LogP contribution in [-0.4, -0.2) is 83.0 Å². The molecule has 4 atom stereocenters. The van der Waals surface area contributed by atoms with E-state index in [-0.39, 0.29) is 46.8 Å². The van der Waals surface area contributed by atoms with E-state index in [4.69, 9.17) is 26.1 Å². The Hall–Kier alpha value is -3.41. The lowest BCUT2D eigenvalue weighted by Crippen LogP contribution is -2.58. The number of benzene rings is 2. The zero-order valence-corrected chi connectivity index (χ0v) is 25.0. The first-order chi connectivity index (χ1) is 21.3. The molecule has 2 aromatic carbocycles. The van der Waals surface area contributed by atoms with Crippen LogP contribution in [0.25, 0.3) is 32.9 Å². The highest BCUT2D eigenvalue weighted by molar-refractivity contribution is 6.36. The quantitative estimate of drug-likeness (QED) is 0.304. The van der Waals surface area contributed by atoms with Crippen molar-refractivity contribution in [3.63, 3.8) is 0 Å². The first kappa shape index (κ1) is 28.1. The van der Waals surface area contributed by atoms with Crippen LogP contribution < -0.4 is 19.7 Å². The van der Waals surface area contributed by atoms with E-state index in [0.29, 0.717) is 60.2 Å². The average Bonchev–Trinajstić information content (AvgIpc) is 3.51. The molecule has 0 spiro atoms. The van der Waals surface area contributed by atoms with E-state index in [1.165, 1.54) is 6.07 Å². The third-order valence-corrected chi connectivity index (χ3v) is 10.2. The topological polar surface area (TPSA) is 75.6 Å². The summed E-state index contributed by atoms with van der Waals surface area (Å²) >= 11 is 6.43. The minimum absolute atomic E-state index is 0.00247. The highest BCUT2D eigenvalue weighted by Crippen LogP contribution is 2.44. The largest absolute Gasteiger partial charge is 0.475 e. The fraction of sp³-hybridized carbons (Fsp3) is 0.469. The predicted molar refractivity (Wildman–Crippen MR) is 162 cm³/mol. The van der Waals surface area contributed by atoms with Gasteiger partial charge in [0, 0.05) is 43.0 Å². The normalized spacial score (nSPS) is 26.5. The minimum Gasteiger partial charge on any atom is -0.475 e. The molecule has 4 aromatic rings. The molecule has 44 heavy (non-hydrogen) atoms. The van der Waals surface area contributed by atoms with Crippen LogP contribution >= 0.6 is 11.6 Å². The van der Waals surface area contributed by atoms with E-state index in [1.54, 1.807) is 24.3 Å². The molecule has 6 heterocycles. The summed E-state index contributed by atoms with van der Waals surface area (Å²) in [6, 6.07) is 8.22. The van der Waals surface area contributed by atoms with Gasteiger partial charge in [0.2, 0.25) is 5.88 Å². The molecule has 4 aliphatic rings. The number of piperazine rings is 1. The molecule has 0 saturated carbocycles. The van der Waals surface area contributed by atoms with Gasteiger partial charge in [-0.05, 0) is 37.3 Å². The molecule has 4 aliphatic heterocycles. The Morgan fingerprint density at radius 3 is 2.89 bits per heavy atom. The molecule has 1 N–H and O–H groups in total. The summed E-state index contributed by atoms with van der Waals surface area (Å²) in [6.07, 6.45) is 2.19. The lowest BCUT2D eigenvalue weighted by atomic mass is 9.95. The Labute approximate surface area is 257 Å². The number of ether oxygens (including phenoxy) is 2. The van der Waals surface area contributed by atoms with E-state index in [0.717, 1.165) is 25.8 Å². The minimum atomic E-state index is -0.906. The number of fused-ring (bicyclic) bond motifs is 4. The number of alkyl halides is 1. The number of rotatable bonds is 5. The molecule has 12 heteroatoms. The van der Waals surface area contributed by atoms with E-state index in [9.17, 15) is 8.78 Å². The summed E-state index contributed by atoms with van der Waals surface area (Å²) in [5, 5.41) is 4.80. The number of hydrogen-bond acceptors (Lipinski definition) is 8. The maximum atomic E-state index is 16.8. The van der Waals surface area contributed by atoms with Gasteiger partial charge in [-0.2, -0.15) is 9.97 Å². The van der Waals surface area contributed by atoms with E-state index in [1.807, 2.05) is 0 Å². The van der Waals surface area contributed by atoms with Crippen LogP contribution in [0, 0.1) is 11.6 Å². The van der Waals surface area contributed by atoms with Crippen LogP contribution in [-0.2, 0) is 0 Å². The van der Waals surface area contributed by atoms with Crippen molar-refractivity contribution in [3.05, 3.63) is 47.0 Å². The van der Waals surface area contributed by atoms with Gasteiger partial charge < -0.3 is 19.7 Å². The molecule has 0 unspecified atom stereocenters. The van der Waals surface area contributed by atoms with Crippen molar-refractivity contribution in [3.8, 4) is 23.1 Å². The van der Waals surface area contributed by atoms with Gasteiger partial charge in [0.15, 0.2) is 5.82 Å². The zero-order valence-electron chi connectivity index (χ0n) is 24.3. The summed E-state index contributed by atoms with van der Waals surface area (Å²) < 4.78 is 58.5. The summed E-state index contributed by atoms with van der Waals surface area (Å²) in [5.74, 6) is -0.626. The first-order valence-corrected chi connectivity index (χ1v) is 15.7. The van der Waals surface area contributed by atoms with Gasteiger partial charge in [0.05, 0.1) is 16.6 Å². The van der Waals surface area contributed by atoms with E-state index < -0.39 is 23.3 Å². The summed E-state index contributed by atoms with van der Waals surface area (Å²) in [5.41, 5.74) is -0.153. The van der Waals surface area contributed by atoms with Crippen molar-refractivity contribution in [2.45, 2.75) is 56.4 Å². The fourth-order valence-corrected chi connectivity index (χ4v) is 7.81. The Morgan fingerprint density at radius 2 is 2.02 bits per heavy atom. The van der Waals surface area contributed by atoms with Gasteiger partial charge in [-0.1, -0.05) is 42.8 Å². The van der Waals surface area contributed by atoms with Crippen LogP contribution in [0.15, 0.2) is 30.3 Å². The van der Waals surface area contributed by atoms with Crippen molar-refractivity contribution >= 4 is 39.1 Å². The monoisotopic (exact) mass is 624 g/mol. The molecule has 0 radical (unpaired) electrons. The van der Waals surface area contributed by atoms with Crippen molar-refractivity contribution in [1.82, 2.24) is 25.2 Å². The number of nitrogens with one attached hydrogen (secondary N) is 1. The second-order valence-electron chi connectivity index (χ2n) is 12.4. The summed E-state index contributed by atoms with van der Waals surface area (Å²) in [6.45, 7) is 5.13. The number of aromatic nitrogens is 3. The van der Waals surface area contributed by atoms with Crippen LogP contribution in [0.5, 0.6) is 11.9 Å². The molecule has 8 rings (SSSR count). The maximum Gasteiger partial charge on any atom is 0.319 e. The van der Waals surface area contributed by atoms with Gasteiger partial charge >= 0.3 is 6.01 Å². The standard InChI is InChI=1S/C32H32ClF3N6O2/c1-2-19-14-42-20(12-37-19)15-43-30-24-28(26(36)27(38-30)21-6-3-5-17-7-8-22(35)25(33)23(17)21)39-31(40-29(24)42)44-16-32-9-4-10-41(32)13-18(34)11-32/h3,5-8,18-20,37H,2,4,9-16H2,1H3/t18-,19-,20-,32+/m1/s1. The van der Waals surface area contributed by atoms with E-state index in [2.05, 4.69) is 32.0 Å². The third kappa shape index (κ3) is 4.38. The van der Waals surface area contributed by atoms with Crippen LogP contribution in [0.3, 0.4) is 0 Å². The second-order valence-corrected chi connectivity index (χ2v) is 12.8. The first-order valence-electron chi connectivity index (χ1n) is 15.3. The molecule has 2 aromatic heterocycles. The summed E-state index contributed by atoms with van der Waals surface area (Å²) in [4.78, 5) is 18.4. The SMILES string of the molecule is CC[C@@H]1CN2c3nc(OC[C@@]45CCCN4C[C@H](F)C5)nc4c(F)c(-c5cccc6ccc(F)c(Cl)c56)nc(c34)OC[C@H]2CN1. The lowest BCUT2D eigenvalue weighted by Gasteiger charge is -2.39. The van der Waals surface area contributed by atoms with Gasteiger partial charge in [-0.15, -0.1) is 0 Å². The average molecular weight is 625 g/mol. The molecule has 0 amide bonds. The predicted octanol–water partition coefficient (Wildman–Crippen LogP) is 5.68. The molecule has 3 saturated heterocycles. The highest BCUT2D eigenvalue weighted by atomic mass is 35.5. The van der Waals surface area contributed by atoms with Crippen molar-refractivity contribution in [2.75, 3.05) is 44.3 Å². The van der Waals surface area contributed by atoms with Gasteiger partial charge in [-0.3, -0.25) is 4.90 Å². The third-order valence-electron chi connectivity index (χ3n) is 9.81. The number of hydrogen-bond donors (Lipinski definition) is 1. The van der Waals surface area contributed by atoms with Crippen LogP contribution in [0.4, 0.5) is 19.0 Å². The summed E-state index contributed by atoms with van der Waals surface area (Å²) in [7, 11) is 0. The molecule has 0 bridgehead atoms. The Bertz CT molecular complexity index is 1800. The molecule has 230 valence electrons. The molecular weight excluding hydrogens is 593 g/mol. The molecule has 3 fully saturated rings. The van der Waals surface area contributed by atoms with Crippen LogP contribution in [0.2, 0.25) is 5.02 Å². The molecule has 8 nitrogen and oxygen atoms in total. The van der Waals surface area contributed by atoms with Gasteiger partial charge in [0.1, 0.15) is 47.6 Å². The second kappa shape index (κ2) is 10.6.